The summed E-state index contributed by atoms with van der Waals surface area (Å²) in [5.41, 5.74) is 6.43. The molecule has 0 spiro atoms. The molecular formula is C18H25ClFN3O3. The topological polar surface area (TPSA) is 75.9 Å². The van der Waals surface area contributed by atoms with Gasteiger partial charge in [-0.1, -0.05) is 6.07 Å². The predicted molar refractivity (Wildman–Crippen MR) is 97.8 cm³/mol. The van der Waals surface area contributed by atoms with Crippen LogP contribution in [0.4, 0.5) is 4.39 Å². The van der Waals surface area contributed by atoms with Crippen molar-refractivity contribution < 1.29 is 18.7 Å². The van der Waals surface area contributed by atoms with Crippen molar-refractivity contribution in [3.8, 4) is 0 Å². The van der Waals surface area contributed by atoms with Crippen molar-refractivity contribution in [2.24, 2.45) is 5.73 Å². The van der Waals surface area contributed by atoms with Crippen molar-refractivity contribution in [3.05, 3.63) is 35.1 Å². The van der Waals surface area contributed by atoms with Gasteiger partial charge in [-0.05, 0) is 37.5 Å². The maximum atomic E-state index is 13.7. The van der Waals surface area contributed by atoms with E-state index in [4.69, 9.17) is 10.5 Å². The minimum Gasteiger partial charge on any atom is -0.364 e. The van der Waals surface area contributed by atoms with Gasteiger partial charge >= 0.3 is 0 Å². The number of ether oxygens (including phenoxy) is 1. The molecule has 0 radical (unpaired) electrons. The summed E-state index contributed by atoms with van der Waals surface area (Å²) in [5.74, 6) is -0.608. The van der Waals surface area contributed by atoms with Gasteiger partial charge in [-0.15, -0.1) is 12.4 Å². The van der Waals surface area contributed by atoms with Gasteiger partial charge in [0.1, 0.15) is 11.9 Å². The number of nitrogens with two attached hydrogens (primary N) is 1. The summed E-state index contributed by atoms with van der Waals surface area (Å²) < 4.78 is 19.3. The minimum absolute atomic E-state index is 0. The van der Waals surface area contributed by atoms with Crippen molar-refractivity contribution in [1.29, 1.82) is 0 Å². The number of halogens is 2. The van der Waals surface area contributed by atoms with E-state index in [1.165, 1.54) is 6.07 Å². The fourth-order valence-electron chi connectivity index (χ4n) is 3.30. The first-order chi connectivity index (χ1) is 12.0. The number of carbonyl (C=O) groups is 2. The molecular weight excluding hydrogens is 361 g/mol. The Morgan fingerprint density at radius 1 is 1.19 bits per heavy atom. The minimum atomic E-state index is -0.415. The largest absolute Gasteiger partial charge is 0.364 e. The lowest BCUT2D eigenvalue weighted by Gasteiger charge is -2.36. The van der Waals surface area contributed by atoms with E-state index in [0.717, 1.165) is 6.42 Å². The molecule has 2 heterocycles. The van der Waals surface area contributed by atoms with Crippen LogP contribution >= 0.6 is 12.4 Å². The second kappa shape index (κ2) is 8.79. The van der Waals surface area contributed by atoms with Crippen LogP contribution < -0.4 is 5.73 Å². The number of rotatable bonds is 3. The zero-order valence-electron chi connectivity index (χ0n) is 14.8. The molecule has 0 aliphatic carbocycles. The number of piperazine rings is 1. The maximum Gasteiger partial charge on any atom is 0.254 e. The number of hydrogen-bond donors (Lipinski definition) is 1. The van der Waals surface area contributed by atoms with E-state index in [9.17, 15) is 14.0 Å². The van der Waals surface area contributed by atoms with E-state index < -0.39 is 6.10 Å². The Hall–Kier alpha value is -1.70. The average molecular weight is 386 g/mol. The normalized spacial score (nSPS) is 22.9. The number of hydrogen-bond acceptors (Lipinski definition) is 4. The Balaban J connectivity index is 0.00000243. The monoisotopic (exact) mass is 385 g/mol. The highest BCUT2D eigenvalue weighted by atomic mass is 35.5. The van der Waals surface area contributed by atoms with E-state index >= 15 is 0 Å². The lowest BCUT2D eigenvalue weighted by atomic mass is 10.1. The van der Waals surface area contributed by atoms with Crippen LogP contribution in [0.2, 0.25) is 0 Å². The summed E-state index contributed by atoms with van der Waals surface area (Å²) in [4.78, 5) is 28.4. The Morgan fingerprint density at radius 3 is 2.42 bits per heavy atom. The number of nitrogens with zero attached hydrogens (tertiary/aromatic N) is 2. The molecule has 2 saturated heterocycles. The predicted octanol–water partition coefficient (Wildman–Crippen LogP) is 1.35. The molecule has 26 heavy (non-hydrogen) atoms. The van der Waals surface area contributed by atoms with E-state index in [-0.39, 0.29) is 36.1 Å². The van der Waals surface area contributed by atoms with Crippen LogP contribution in [0.25, 0.3) is 0 Å². The van der Waals surface area contributed by atoms with Gasteiger partial charge in [0.2, 0.25) is 0 Å². The van der Waals surface area contributed by atoms with Gasteiger partial charge in [-0.25, -0.2) is 4.39 Å². The molecule has 6 nitrogen and oxygen atoms in total. The van der Waals surface area contributed by atoms with Crippen LogP contribution in [0.1, 0.15) is 28.8 Å². The fourth-order valence-corrected chi connectivity index (χ4v) is 3.30. The van der Waals surface area contributed by atoms with Crippen molar-refractivity contribution in [2.75, 3.05) is 32.7 Å². The van der Waals surface area contributed by atoms with Crippen molar-refractivity contribution >= 4 is 24.2 Å². The van der Waals surface area contributed by atoms with E-state index in [1.54, 1.807) is 28.9 Å². The molecule has 0 bridgehead atoms. The average Bonchev–Trinajstić information content (AvgIpc) is 3.12. The van der Waals surface area contributed by atoms with Crippen molar-refractivity contribution in [3.63, 3.8) is 0 Å². The highest BCUT2D eigenvalue weighted by molar-refractivity contribution is 5.94. The molecule has 1 aromatic carbocycles. The Kier molecular flexibility index (Phi) is 6.97. The lowest BCUT2D eigenvalue weighted by molar-refractivity contribution is -0.144. The van der Waals surface area contributed by atoms with Crippen LogP contribution in [0.15, 0.2) is 18.2 Å². The molecule has 2 aliphatic rings. The lowest BCUT2D eigenvalue weighted by Crippen LogP contribution is -2.53. The smallest absolute Gasteiger partial charge is 0.254 e. The van der Waals surface area contributed by atoms with E-state index in [2.05, 4.69) is 0 Å². The van der Waals surface area contributed by atoms with Crippen molar-refractivity contribution in [2.45, 2.75) is 32.0 Å². The summed E-state index contributed by atoms with van der Waals surface area (Å²) in [7, 11) is 0. The van der Waals surface area contributed by atoms with Gasteiger partial charge in [0.15, 0.2) is 0 Å². The molecule has 1 aromatic rings. The van der Waals surface area contributed by atoms with Crippen LogP contribution in [0.5, 0.6) is 0 Å². The second-order valence-corrected chi connectivity index (χ2v) is 6.64. The van der Waals surface area contributed by atoms with Gasteiger partial charge in [0.25, 0.3) is 11.8 Å². The van der Waals surface area contributed by atoms with Gasteiger partial charge in [0, 0.05) is 38.3 Å². The molecule has 2 fully saturated rings. The summed E-state index contributed by atoms with van der Waals surface area (Å²) in [5, 5.41) is 0. The molecule has 8 heteroatoms. The third kappa shape index (κ3) is 4.34. The molecule has 2 N–H and O–H groups in total. The molecule has 2 amide bonds. The standard InChI is InChI=1S/C18H24FN3O3.ClH/c1-12-2-3-13(10-15(12)19)17(23)21-6-8-22(9-7-21)18(24)16-5-4-14(11-20)25-16;/h2-3,10,14,16H,4-9,11,20H2,1H3;1H/t14-,16+;/m1./s1. The highest BCUT2D eigenvalue weighted by Crippen LogP contribution is 2.21. The summed E-state index contributed by atoms with van der Waals surface area (Å²) in [6.07, 6.45) is 1.06. The van der Waals surface area contributed by atoms with Crippen LogP contribution in [-0.2, 0) is 9.53 Å². The quantitative estimate of drug-likeness (QED) is 0.852. The van der Waals surface area contributed by atoms with E-state index in [0.29, 0.717) is 50.3 Å². The third-order valence-electron chi connectivity index (χ3n) is 4.94. The molecule has 0 saturated carbocycles. The number of aryl methyl sites for hydroxylation is 1. The SMILES string of the molecule is Cc1ccc(C(=O)N2CCN(C(=O)[C@@H]3CC[C@H](CN)O3)CC2)cc1F.Cl. The Morgan fingerprint density at radius 2 is 1.85 bits per heavy atom. The van der Waals surface area contributed by atoms with Gasteiger partial charge in [0.05, 0.1) is 6.10 Å². The number of benzene rings is 1. The van der Waals surface area contributed by atoms with Gasteiger partial charge in [-0.2, -0.15) is 0 Å². The number of amides is 2. The van der Waals surface area contributed by atoms with Crippen molar-refractivity contribution in [1.82, 2.24) is 9.80 Å². The first kappa shape index (κ1) is 20.6. The zero-order valence-corrected chi connectivity index (χ0v) is 15.6. The summed E-state index contributed by atoms with van der Waals surface area (Å²) in [6, 6.07) is 4.51. The van der Waals surface area contributed by atoms with Gasteiger partial charge in [-0.3, -0.25) is 9.59 Å². The first-order valence-electron chi connectivity index (χ1n) is 8.69. The van der Waals surface area contributed by atoms with Gasteiger partial charge < -0.3 is 20.3 Å². The zero-order chi connectivity index (χ0) is 18.0. The molecule has 3 rings (SSSR count). The van der Waals surface area contributed by atoms with Crippen LogP contribution in [0.3, 0.4) is 0 Å². The Bertz CT molecular complexity index is 665. The number of carbonyl (C=O) groups excluding carboxylic acids is 2. The summed E-state index contributed by atoms with van der Waals surface area (Å²) in [6.45, 7) is 3.89. The molecule has 144 valence electrons. The van der Waals surface area contributed by atoms with Crippen LogP contribution in [0, 0.1) is 12.7 Å². The second-order valence-electron chi connectivity index (χ2n) is 6.64. The third-order valence-corrected chi connectivity index (χ3v) is 4.94. The molecule has 0 aromatic heterocycles. The summed E-state index contributed by atoms with van der Waals surface area (Å²) >= 11 is 0. The molecule has 0 unspecified atom stereocenters. The Labute approximate surface area is 158 Å². The fraction of sp³-hybridized carbons (Fsp3) is 0.556. The maximum absolute atomic E-state index is 13.7. The molecule has 2 atom stereocenters. The first-order valence-corrected chi connectivity index (χ1v) is 8.69. The van der Waals surface area contributed by atoms with Crippen LogP contribution in [-0.4, -0.2) is 66.5 Å². The molecule has 2 aliphatic heterocycles. The highest BCUT2D eigenvalue weighted by Gasteiger charge is 2.34. The van der Waals surface area contributed by atoms with E-state index in [1.807, 2.05) is 0 Å².